The van der Waals surface area contributed by atoms with Gasteiger partial charge in [0.05, 0.1) is 12.1 Å². The molecule has 114 valence electrons. The van der Waals surface area contributed by atoms with Gasteiger partial charge in [-0.05, 0) is 24.3 Å². The summed E-state index contributed by atoms with van der Waals surface area (Å²) in [6.45, 7) is -2.65. The lowest BCUT2D eigenvalue weighted by Gasteiger charge is -2.15. The SMILES string of the molecule is Nc1ccc(S(=O)(=O)NCC(F)(F)CO)c2ncccc12. The first-order valence-corrected chi connectivity index (χ1v) is 7.37. The molecule has 0 aliphatic rings. The van der Waals surface area contributed by atoms with Crippen LogP contribution < -0.4 is 10.5 Å². The molecule has 1 aromatic carbocycles. The molecule has 4 N–H and O–H groups in total. The van der Waals surface area contributed by atoms with Crippen molar-refractivity contribution in [2.24, 2.45) is 0 Å². The van der Waals surface area contributed by atoms with Gasteiger partial charge in [-0.15, -0.1) is 0 Å². The van der Waals surface area contributed by atoms with Gasteiger partial charge in [0.1, 0.15) is 11.5 Å². The monoisotopic (exact) mass is 317 g/mol. The van der Waals surface area contributed by atoms with E-state index in [0.29, 0.717) is 11.1 Å². The van der Waals surface area contributed by atoms with E-state index in [9.17, 15) is 17.2 Å². The largest absolute Gasteiger partial charge is 0.398 e. The minimum Gasteiger partial charge on any atom is -0.398 e. The van der Waals surface area contributed by atoms with E-state index in [4.69, 9.17) is 10.8 Å². The van der Waals surface area contributed by atoms with Crippen LogP contribution in [0.4, 0.5) is 14.5 Å². The Balaban J connectivity index is 2.44. The van der Waals surface area contributed by atoms with E-state index < -0.39 is 29.1 Å². The quantitative estimate of drug-likeness (QED) is 0.705. The zero-order valence-electron chi connectivity index (χ0n) is 10.8. The summed E-state index contributed by atoms with van der Waals surface area (Å²) in [5.41, 5.74) is 6.15. The van der Waals surface area contributed by atoms with Gasteiger partial charge in [-0.25, -0.2) is 21.9 Å². The molecule has 0 bridgehead atoms. The number of pyridine rings is 1. The number of nitrogens with one attached hydrogen (secondary N) is 1. The highest BCUT2D eigenvalue weighted by atomic mass is 32.2. The lowest BCUT2D eigenvalue weighted by atomic mass is 10.2. The van der Waals surface area contributed by atoms with Gasteiger partial charge in [0.25, 0.3) is 5.92 Å². The highest BCUT2D eigenvalue weighted by Crippen LogP contribution is 2.26. The zero-order chi connectivity index (χ0) is 15.7. The van der Waals surface area contributed by atoms with Crippen molar-refractivity contribution in [2.75, 3.05) is 18.9 Å². The van der Waals surface area contributed by atoms with Gasteiger partial charge in [-0.3, -0.25) is 4.98 Å². The van der Waals surface area contributed by atoms with E-state index in [-0.39, 0.29) is 10.4 Å². The predicted molar refractivity (Wildman–Crippen MR) is 73.4 cm³/mol. The number of benzene rings is 1. The fourth-order valence-electron chi connectivity index (χ4n) is 1.72. The molecule has 2 rings (SSSR count). The van der Waals surface area contributed by atoms with Gasteiger partial charge >= 0.3 is 0 Å². The summed E-state index contributed by atoms with van der Waals surface area (Å²) in [5.74, 6) is -3.54. The highest BCUT2D eigenvalue weighted by Gasteiger charge is 2.31. The van der Waals surface area contributed by atoms with Gasteiger partial charge in [0.2, 0.25) is 10.0 Å². The first kappa shape index (κ1) is 15.5. The number of aliphatic hydroxyl groups excluding tert-OH is 1. The van der Waals surface area contributed by atoms with E-state index >= 15 is 0 Å². The molecule has 0 amide bonds. The smallest absolute Gasteiger partial charge is 0.283 e. The number of nitrogens with zero attached hydrogens (tertiary/aromatic N) is 1. The summed E-state index contributed by atoms with van der Waals surface area (Å²) in [4.78, 5) is 3.69. The second-order valence-corrected chi connectivity index (χ2v) is 6.13. The maximum absolute atomic E-state index is 13.0. The number of alkyl halides is 2. The number of fused-ring (bicyclic) bond motifs is 1. The average molecular weight is 317 g/mol. The molecule has 0 spiro atoms. The van der Waals surface area contributed by atoms with Crippen LogP contribution in [-0.4, -0.2) is 37.6 Å². The molecule has 0 atom stereocenters. The molecular formula is C12H13F2N3O3S. The molecule has 9 heteroatoms. The summed E-state index contributed by atoms with van der Waals surface area (Å²) in [6, 6.07) is 5.73. The van der Waals surface area contributed by atoms with Crippen LogP contribution >= 0.6 is 0 Å². The summed E-state index contributed by atoms with van der Waals surface area (Å²) in [7, 11) is -4.21. The van der Waals surface area contributed by atoms with E-state index in [1.807, 2.05) is 0 Å². The van der Waals surface area contributed by atoms with Gasteiger partial charge in [-0.1, -0.05) is 0 Å². The van der Waals surface area contributed by atoms with Crippen LogP contribution in [0.5, 0.6) is 0 Å². The molecule has 2 aromatic rings. The molecule has 21 heavy (non-hydrogen) atoms. The van der Waals surface area contributed by atoms with E-state index in [1.165, 1.54) is 18.3 Å². The topological polar surface area (TPSA) is 105 Å². The van der Waals surface area contributed by atoms with Gasteiger partial charge in [-0.2, -0.15) is 0 Å². The van der Waals surface area contributed by atoms with Gasteiger partial charge in [0, 0.05) is 17.3 Å². The third kappa shape index (κ3) is 3.26. The Hall–Kier alpha value is -1.84. The number of aliphatic hydroxyl groups is 1. The number of hydrogen-bond donors (Lipinski definition) is 3. The number of anilines is 1. The van der Waals surface area contributed by atoms with Crippen LogP contribution in [0.3, 0.4) is 0 Å². The number of hydrogen-bond acceptors (Lipinski definition) is 5. The highest BCUT2D eigenvalue weighted by molar-refractivity contribution is 7.89. The molecule has 0 radical (unpaired) electrons. The minimum absolute atomic E-state index is 0.0947. The molecular weight excluding hydrogens is 304 g/mol. The van der Waals surface area contributed by atoms with Crippen LogP contribution in [0.1, 0.15) is 0 Å². The fourth-order valence-corrected chi connectivity index (χ4v) is 2.94. The molecule has 0 saturated heterocycles. The Bertz CT molecular complexity index is 765. The van der Waals surface area contributed by atoms with E-state index in [0.717, 1.165) is 0 Å². The summed E-state index contributed by atoms with van der Waals surface area (Å²) in [5, 5.41) is 8.87. The minimum atomic E-state index is -4.21. The molecule has 6 nitrogen and oxygen atoms in total. The Morgan fingerprint density at radius 2 is 2.05 bits per heavy atom. The van der Waals surface area contributed by atoms with Crippen molar-refractivity contribution in [1.82, 2.24) is 9.71 Å². The fraction of sp³-hybridized carbons (Fsp3) is 0.250. The first-order valence-electron chi connectivity index (χ1n) is 5.88. The van der Waals surface area contributed by atoms with Crippen LogP contribution in [0.25, 0.3) is 10.9 Å². The molecule has 0 aliphatic carbocycles. The maximum atomic E-state index is 13.0. The molecule has 1 aromatic heterocycles. The van der Waals surface area contributed by atoms with Crippen molar-refractivity contribution < 1.29 is 22.3 Å². The number of rotatable bonds is 5. The van der Waals surface area contributed by atoms with E-state index in [1.54, 1.807) is 16.9 Å². The van der Waals surface area contributed by atoms with Crippen molar-refractivity contribution in [1.29, 1.82) is 0 Å². The molecule has 1 heterocycles. The third-order valence-electron chi connectivity index (χ3n) is 2.81. The second kappa shape index (κ2) is 5.51. The van der Waals surface area contributed by atoms with Crippen molar-refractivity contribution in [3.8, 4) is 0 Å². The number of nitrogens with two attached hydrogens (primary N) is 1. The van der Waals surface area contributed by atoms with Crippen molar-refractivity contribution in [3.63, 3.8) is 0 Å². The lowest BCUT2D eigenvalue weighted by Crippen LogP contribution is -2.39. The Morgan fingerprint density at radius 1 is 1.33 bits per heavy atom. The molecule has 0 fully saturated rings. The lowest BCUT2D eigenvalue weighted by molar-refractivity contribution is -0.0437. The van der Waals surface area contributed by atoms with Crippen LogP contribution in [-0.2, 0) is 10.0 Å². The number of aromatic nitrogens is 1. The predicted octanol–water partition coefficient (Wildman–Crippen LogP) is 0.723. The zero-order valence-corrected chi connectivity index (χ0v) is 11.6. The summed E-state index contributed by atoms with van der Waals surface area (Å²) >= 11 is 0. The molecule has 0 saturated carbocycles. The standard InChI is InChI=1S/C12H13F2N3O3S/c13-12(14,7-18)6-17-21(19,20)10-4-3-9(15)8-2-1-5-16-11(8)10/h1-5,17-18H,6-7,15H2. The van der Waals surface area contributed by atoms with Crippen molar-refractivity contribution in [3.05, 3.63) is 30.5 Å². The Morgan fingerprint density at radius 3 is 2.71 bits per heavy atom. The number of halogens is 2. The Kier molecular flexibility index (Phi) is 4.08. The summed E-state index contributed by atoms with van der Waals surface area (Å²) < 4.78 is 51.9. The van der Waals surface area contributed by atoms with Crippen molar-refractivity contribution in [2.45, 2.75) is 10.8 Å². The average Bonchev–Trinajstić information content (AvgIpc) is 2.46. The first-order chi connectivity index (χ1) is 9.77. The number of nitrogen functional groups attached to an aromatic ring is 1. The third-order valence-corrected chi connectivity index (χ3v) is 4.24. The normalized spacial score (nSPS) is 12.7. The van der Waals surface area contributed by atoms with Crippen molar-refractivity contribution >= 4 is 26.6 Å². The summed E-state index contributed by atoms with van der Waals surface area (Å²) in [6.07, 6.45) is 1.38. The van der Waals surface area contributed by atoms with Gasteiger partial charge < -0.3 is 10.8 Å². The maximum Gasteiger partial charge on any atom is 0.283 e. The molecule has 0 aliphatic heterocycles. The van der Waals surface area contributed by atoms with Gasteiger partial charge in [0.15, 0.2) is 0 Å². The van der Waals surface area contributed by atoms with E-state index in [2.05, 4.69) is 4.98 Å². The Labute approximate surface area is 119 Å². The second-order valence-electron chi connectivity index (χ2n) is 4.39. The number of sulfonamides is 1. The van der Waals surface area contributed by atoms with Crippen LogP contribution in [0.15, 0.2) is 35.4 Å². The van der Waals surface area contributed by atoms with Crippen LogP contribution in [0.2, 0.25) is 0 Å². The van der Waals surface area contributed by atoms with Crippen LogP contribution in [0, 0.1) is 0 Å². The molecule has 0 unspecified atom stereocenters.